The molecule has 1 heterocycles. The van der Waals surface area contributed by atoms with Crippen LogP contribution in [0.5, 0.6) is 0 Å². The van der Waals surface area contributed by atoms with Crippen molar-refractivity contribution in [1.82, 2.24) is 4.98 Å². The maximum Gasteiger partial charge on any atom is 0.288 e. The van der Waals surface area contributed by atoms with E-state index in [4.69, 9.17) is 5.73 Å². The Morgan fingerprint density at radius 1 is 1.26 bits per heavy atom. The largest absolute Gasteiger partial charge is 0.375 e. The summed E-state index contributed by atoms with van der Waals surface area (Å²) in [6.07, 6.45) is 0. The molecule has 0 amide bonds. The summed E-state index contributed by atoms with van der Waals surface area (Å²) in [5, 5.41) is 9.13. The average molecular weight is 300 g/mol. The second-order valence-electron chi connectivity index (χ2n) is 3.52. The number of alkyl halides is 2. The van der Waals surface area contributed by atoms with Crippen molar-refractivity contribution in [3.05, 3.63) is 30.0 Å². The Morgan fingerprint density at radius 3 is 2.47 bits per heavy atom. The lowest BCUT2D eigenvalue weighted by molar-refractivity contribution is 0.252. The van der Waals surface area contributed by atoms with Crippen LogP contribution in [0.2, 0.25) is 0 Å². The van der Waals surface area contributed by atoms with Gasteiger partial charge in [-0.1, -0.05) is 23.1 Å². The molecule has 2 rings (SSSR count). The Labute approximate surface area is 116 Å². The first kappa shape index (κ1) is 13.9. The molecule has 0 saturated heterocycles. The molecule has 1 aromatic carbocycles. The number of benzene rings is 1. The molecular formula is C11H10F2N4S2. The molecule has 2 N–H and O–H groups in total. The van der Waals surface area contributed by atoms with E-state index in [-0.39, 0.29) is 0 Å². The number of nitrogens with zero attached hydrogens (tertiary/aromatic N) is 3. The summed E-state index contributed by atoms with van der Waals surface area (Å²) in [7, 11) is 0. The van der Waals surface area contributed by atoms with Gasteiger partial charge in [-0.05, 0) is 31.2 Å². The summed E-state index contributed by atoms with van der Waals surface area (Å²) in [5.74, 6) is -2.42. The topological polar surface area (TPSA) is 63.6 Å². The molecular weight excluding hydrogens is 290 g/mol. The second-order valence-corrected chi connectivity index (χ2v) is 5.59. The molecule has 0 aliphatic rings. The number of halogens is 2. The first-order valence-electron chi connectivity index (χ1n) is 5.24. The van der Waals surface area contributed by atoms with Crippen molar-refractivity contribution < 1.29 is 8.78 Å². The normalized spacial score (nSPS) is 11.6. The molecule has 0 aliphatic carbocycles. The Kier molecular flexibility index (Phi) is 4.43. The highest BCUT2D eigenvalue weighted by Crippen LogP contribution is 2.31. The molecule has 0 aliphatic heterocycles. The minimum absolute atomic E-state index is 0.440. The molecule has 8 heteroatoms. The highest BCUT2D eigenvalue weighted by Gasteiger charge is 2.05. The van der Waals surface area contributed by atoms with Crippen LogP contribution in [0.25, 0.3) is 0 Å². The quantitative estimate of drug-likeness (QED) is 0.653. The van der Waals surface area contributed by atoms with Crippen molar-refractivity contribution in [3.8, 4) is 0 Å². The van der Waals surface area contributed by atoms with Gasteiger partial charge in [0.2, 0.25) is 0 Å². The molecule has 0 spiro atoms. The van der Waals surface area contributed by atoms with Crippen molar-refractivity contribution in [2.45, 2.75) is 17.6 Å². The van der Waals surface area contributed by atoms with Gasteiger partial charge in [0.05, 0.1) is 11.4 Å². The SMILES string of the molecule is Cc1nc(N)sc1N=Nc1ccc(SC(F)F)cc1. The fourth-order valence-corrected chi connectivity index (χ4v) is 2.45. The summed E-state index contributed by atoms with van der Waals surface area (Å²) in [6, 6.07) is 6.43. The van der Waals surface area contributed by atoms with Crippen LogP contribution in [-0.2, 0) is 0 Å². The zero-order valence-electron chi connectivity index (χ0n) is 9.88. The Balaban J connectivity index is 2.09. The molecule has 0 fully saturated rings. The Morgan fingerprint density at radius 2 is 1.95 bits per heavy atom. The summed E-state index contributed by atoms with van der Waals surface area (Å²) in [5.41, 5.74) is 6.85. The van der Waals surface area contributed by atoms with Crippen LogP contribution >= 0.6 is 23.1 Å². The smallest absolute Gasteiger partial charge is 0.288 e. The zero-order valence-corrected chi connectivity index (χ0v) is 11.5. The van der Waals surface area contributed by atoms with Crippen molar-refractivity contribution >= 4 is 38.9 Å². The van der Waals surface area contributed by atoms with Gasteiger partial charge in [0.15, 0.2) is 10.1 Å². The van der Waals surface area contributed by atoms with Crippen LogP contribution in [0.15, 0.2) is 39.4 Å². The van der Waals surface area contributed by atoms with Gasteiger partial charge >= 0.3 is 0 Å². The van der Waals surface area contributed by atoms with Crippen molar-refractivity contribution in [2.75, 3.05) is 5.73 Å². The summed E-state index contributed by atoms with van der Waals surface area (Å²) < 4.78 is 24.3. The molecule has 0 bridgehead atoms. The van der Waals surface area contributed by atoms with Crippen LogP contribution in [0.1, 0.15) is 5.69 Å². The molecule has 0 radical (unpaired) electrons. The van der Waals surface area contributed by atoms with Crippen LogP contribution in [0.3, 0.4) is 0 Å². The number of nitrogens with two attached hydrogens (primary N) is 1. The lowest BCUT2D eigenvalue weighted by Crippen LogP contribution is -1.80. The lowest BCUT2D eigenvalue weighted by atomic mass is 10.3. The monoisotopic (exact) mass is 300 g/mol. The summed E-state index contributed by atoms with van der Waals surface area (Å²) >= 11 is 1.75. The van der Waals surface area contributed by atoms with E-state index in [1.54, 1.807) is 31.2 Å². The highest BCUT2D eigenvalue weighted by atomic mass is 32.2. The van der Waals surface area contributed by atoms with E-state index in [9.17, 15) is 8.78 Å². The van der Waals surface area contributed by atoms with Crippen molar-refractivity contribution in [2.24, 2.45) is 10.2 Å². The number of thiazole rings is 1. The average Bonchev–Trinajstić information content (AvgIpc) is 2.66. The van der Waals surface area contributed by atoms with Crippen molar-refractivity contribution in [3.63, 3.8) is 0 Å². The van der Waals surface area contributed by atoms with Gasteiger partial charge in [-0.15, -0.1) is 10.2 Å². The predicted octanol–water partition coefficient (Wildman–Crippen LogP) is 4.76. The van der Waals surface area contributed by atoms with E-state index < -0.39 is 5.76 Å². The third-order valence-corrected chi connectivity index (χ3v) is 3.70. The molecule has 0 unspecified atom stereocenters. The highest BCUT2D eigenvalue weighted by molar-refractivity contribution is 7.99. The molecule has 19 heavy (non-hydrogen) atoms. The molecule has 0 saturated carbocycles. The zero-order chi connectivity index (χ0) is 13.8. The van der Waals surface area contributed by atoms with E-state index in [2.05, 4.69) is 15.2 Å². The number of anilines is 1. The molecule has 4 nitrogen and oxygen atoms in total. The molecule has 2 aromatic rings. The van der Waals surface area contributed by atoms with Gasteiger partial charge in [-0.25, -0.2) is 4.98 Å². The number of hydrogen-bond donors (Lipinski definition) is 1. The second kappa shape index (κ2) is 6.07. The van der Waals surface area contributed by atoms with Crippen LogP contribution in [-0.4, -0.2) is 10.7 Å². The summed E-state index contributed by atoms with van der Waals surface area (Å²) in [6.45, 7) is 1.80. The number of azo groups is 1. The first-order valence-corrected chi connectivity index (χ1v) is 6.94. The van der Waals surface area contributed by atoms with Crippen LogP contribution in [0, 0.1) is 6.92 Å². The number of aryl methyl sites for hydroxylation is 1. The molecule has 0 atom stereocenters. The van der Waals surface area contributed by atoms with E-state index in [1.165, 1.54) is 11.3 Å². The van der Waals surface area contributed by atoms with Gasteiger partial charge < -0.3 is 5.73 Å². The van der Waals surface area contributed by atoms with E-state index in [0.29, 0.717) is 32.5 Å². The Hall–Kier alpha value is -1.54. The minimum Gasteiger partial charge on any atom is -0.375 e. The number of thioether (sulfide) groups is 1. The van der Waals surface area contributed by atoms with Gasteiger partial charge in [-0.2, -0.15) is 8.78 Å². The fraction of sp³-hybridized carbons (Fsp3) is 0.182. The van der Waals surface area contributed by atoms with Crippen LogP contribution < -0.4 is 5.73 Å². The maximum absolute atomic E-state index is 12.1. The van der Waals surface area contributed by atoms with Gasteiger partial charge in [0, 0.05) is 4.90 Å². The third-order valence-electron chi connectivity index (χ3n) is 2.11. The van der Waals surface area contributed by atoms with Gasteiger partial charge in [0.25, 0.3) is 5.76 Å². The van der Waals surface area contributed by atoms with Crippen LogP contribution in [0.4, 0.5) is 24.6 Å². The molecule has 100 valence electrons. The first-order chi connectivity index (χ1) is 9.04. The minimum atomic E-state index is -2.42. The van der Waals surface area contributed by atoms with E-state index in [0.717, 1.165) is 5.69 Å². The maximum atomic E-state index is 12.1. The van der Waals surface area contributed by atoms with Gasteiger partial charge in [-0.3, -0.25) is 0 Å². The Bertz CT molecular complexity index is 581. The standard InChI is InChI=1S/C11H10F2N4S2/c1-6-9(19-11(14)15-6)17-16-7-2-4-8(5-3-7)18-10(12)13/h2-5,10H,1H3,(H2,14,15). The number of nitrogen functional groups attached to an aromatic ring is 1. The predicted molar refractivity (Wildman–Crippen MR) is 73.7 cm³/mol. The third kappa shape index (κ3) is 3.97. The van der Waals surface area contributed by atoms with E-state index in [1.807, 2.05) is 0 Å². The number of rotatable bonds is 4. The van der Waals surface area contributed by atoms with E-state index >= 15 is 0 Å². The molecule has 1 aromatic heterocycles. The number of hydrogen-bond acceptors (Lipinski definition) is 6. The van der Waals surface area contributed by atoms with Gasteiger partial charge in [0.1, 0.15) is 0 Å². The summed E-state index contributed by atoms with van der Waals surface area (Å²) in [4.78, 5) is 4.52. The lowest BCUT2D eigenvalue weighted by Gasteiger charge is -1.99. The fourth-order valence-electron chi connectivity index (χ4n) is 1.30. The number of aromatic nitrogens is 1. The van der Waals surface area contributed by atoms with Crippen molar-refractivity contribution in [1.29, 1.82) is 0 Å².